The second kappa shape index (κ2) is 7.44. The van der Waals surface area contributed by atoms with Gasteiger partial charge in [0.1, 0.15) is 0 Å². The van der Waals surface area contributed by atoms with E-state index in [1.54, 1.807) is 0 Å². The molecule has 3 nitrogen and oxygen atoms in total. The van der Waals surface area contributed by atoms with E-state index >= 15 is 0 Å². The second-order valence-corrected chi connectivity index (χ2v) is 6.05. The van der Waals surface area contributed by atoms with Gasteiger partial charge in [-0.3, -0.25) is 4.79 Å². The number of nitrogens with one attached hydrogen (secondary N) is 1. The van der Waals surface area contributed by atoms with Gasteiger partial charge in [-0.05, 0) is 51.0 Å². The summed E-state index contributed by atoms with van der Waals surface area (Å²) in [5, 5.41) is 3.15. The maximum Gasteiger partial charge on any atom is 0.223 e. The Hall–Kier alpha value is -1.35. The van der Waals surface area contributed by atoms with Gasteiger partial charge in [0.25, 0.3) is 0 Å². The zero-order valence-electron chi connectivity index (χ0n) is 12.3. The zero-order valence-corrected chi connectivity index (χ0v) is 12.3. The minimum atomic E-state index is 0.175. The summed E-state index contributed by atoms with van der Waals surface area (Å²) in [6.07, 6.45) is 5.85. The van der Waals surface area contributed by atoms with Crippen LogP contribution in [0.5, 0.6) is 0 Å². The summed E-state index contributed by atoms with van der Waals surface area (Å²) < 4.78 is 0. The van der Waals surface area contributed by atoms with Crippen LogP contribution in [0, 0.1) is 5.92 Å². The Labute approximate surface area is 121 Å². The Morgan fingerprint density at radius 2 is 1.90 bits per heavy atom. The molecular formula is C17H26N2O. The number of nitrogens with two attached hydrogens (primary N) is 1. The number of amides is 1. The van der Waals surface area contributed by atoms with Gasteiger partial charge in [0.15, 0.2) is 0 Å². The van der Waals surface area contributed by atoms with E-state index in [-0.39, 0.29) is 17.9 Å². The number of hydrogen-bond donors (Lipinski definition) is 2. The van der Waals surface area contributed by atoms with Crippen molar-refractivity contribution in [1.82, 2.24) is 5.32 Å². The van der Waals surface area contributed by atoms with Gasteiger partial charge in [-0.1, -0.05) is 30.3 Å². The molecule has 1 aromatic carbocycles. The molecule has 0 aliphatic heterocycles. The van der Waals surface area contributed by atoms with E-state index in [1.165, 1.54) is 5.56 Å². The van der Waals surface area contributed by atoms with Gasteiger partial charge < -0.3 is 11.1 Å². The lowest BCUT2D eigenvalue weighted by Crippen LogP contribution is -2.40. The van der Waals surface area contributed by atoms with Crippen LogP contribution in [0.4, 0.5) is 0 Å². The normalized spacial score (nSPS) is 24.1. The molecule has 0 spiro atoms. The molecule has 1 aliphatic rings. The first kappa shape index (κ1) is 15.0. The van der Waals surface area contributed by atoms with Crippen LogP contribution < -0.4 is 11.1 Å². The average molecular weight is 274 g/mol. The predicted molar refractivity (Wildman–Crippen MR) is 82.3 cm³/mol. The van der Waals surface area contributed by atoms with Crippen molar-refractivity contribution in [2.45, 2.75) is 57.5 Å². The maximum atomic E-state index is 12.2. The molecule has 1 unspecified atom stereocenters. The van der Waals surface area contributed by atoms with Crippen LogP contribution >= 0.6 is 0 Å². The van der Waals surface area contributed by atoms with Crippen molar-refractivity contribution >= 4 is 5.91 Å². The van der Waals surface area contributed by atoms with E-state index in [0.717, 1.165) is 38.5 Å². The third kappa shape index (κ3) is 4.64. The quantitative estimate of drug-likeness (QED) is 0.867. The maximum absolute atomic E-state index is 12.2. The number of hydrogen-bond acceptors (Lipinski definition) is 2. The van der Waals surface area contributed by atoms with Gasteiger partial charge in [0.2, 0.25) is 5.91 Å². The highest BCUT2D eigenvalue weighted by Crippen LogP contribution is 2.23. The van der Waals surface area contributed by atoms with Crippen LogP contribution in [-0.4, -0.2) is 18.0 Å². The first-order chi connectivity index (χ1) is 9.65. The molecule has 1 atom stereocenters. The minimum absolute atomic E-state index is 0.175. The van der Waals surface area contributed by atoms with E-state index in [0.29, 0.717) is 6.04 Å². The predicted octanol–water partition coefficient (Wildman–Crippen LogP) is 2.64. The lowest BCUT2D eigenvalue weighted by molar-refractivity contribution is -0.126. The fourth-order valence-corrected chi connectivity index (χ4v) is 2.84. The molecule has 1 amide bonds. The summed E-state index contributed by atoms with van der Waals surface area (Å²) in [6.45, 7) is 2.09. The zero-order chi connectivity index (χ0) is 14.4. The van der Waals surface area contributed by atoms with Crippen molar-refractivity contribution in [1.29, 1.82) is 0 Å². The standard InChI is InChI=1S/C17H26N2O/c1-13(7-8-14-5-3-2-4-6-14)19-17(20)15-9-11-16(18)12-10-15/h2-6,13,15-16H,7-12,18H2,1H3,(H,19,20). The summed E-state index contributed by atoms with van der Waals surface area (Å²) >= 11 is 0. The van der Waals surface area contributed by atoms with Crippen LogP contribution in [0.3, 0.4) is 0 Å². The molecule has 1 aliphatic carbocycles. The Morgan fingerprint density at radius 1 is 1.25 bits per heavy atom. The van der Waals surface area contributed by atoms with E-state index < -0.39 is 0 Å². The summed E-state index contributed by atoms with van der Waals surface area (Å²) in [7, 11) is 0. The Kier molecular flexibility index (Phi) is 5.60. The van der Waals surface area contributed by atoms with Gasteiger partial charge in [-0.25, -0.2) is 0 Å². The van der Waals surface area contributed by atoms with Crippen LogP contribution in [0.2, 0.25) is 0 Å². The molecule has 0 saturated heterocycles. The van der Waals surface area contributed by atoms with E-state index in [9.17, 15) is 4.79 Å². The molecule has 2 rings (SSSR count). The summed E-state index contributed by atoms with van der Waals surface area (Å²) in [6, 6.07) is 11.0. The van der Waals surface area contributed by atoms with E-state index in [2.05, 4.69) is 36.5 Å². The molecule has 110 valence electrons. The molecule has 1 aromatic rings. The smallest absolute Gasteiger partial charge is 0.223 e. The second-order valence-electron chi connectivity index (χ2n) is 6.05. The fraction of sp³-hybridized carbons (Fsp3) is 0.588. The van der Waals surface area contributed by atoms with Crippen LogP contribution in [0.15, 0.2) is 30.3 Å². The number of rotatable bonds is 5. The van der Waals surface area contributed by atoms with Crippen LogP contribution in [-0.2, 0) is 11.2 Å². The summed E-state index contributed by atoms with van der Waals surface area (Å²) in [5.41, 5.74) is 7.21. The Balaban J connectivity index is 1.71. The average Bonchev–Trinajstić information content (AvgIpc) is 2.47. The highest BCUT2D eigenvalue weighted by molar-refractivity contribution is 5.79. The van der Waals surface area contributed by atoms with Crippen molar-refractivity contribution in [3.8, 4) is 0 Å². The molecule has 1 saturated carbocycles. The van der Waals surface area contributed by atoms with Crippen LogP contribution in [0.25, 0.3) is 0 Å². The van der Waals surface area contributed by atoms with Gasteiger partial charge >= 0.3 is 0 Å². The molecule has 1 fully saturated rings. The minimum Gasteiger partial charge on any atom is -0.353 e. The first-order valence-corrected chi connectivity index (χ1v) is 7.75. The van der Waals surface area contributed by atoms with Crippen molar-refractivity contribution in [2.75, 3.05) is 0 Å². The van der Waals surface area contributed by atoms with Crippen molar-refractivity contribution in [2.24, 2.45) is 11.7 Å². The number of carbonyl (C=O) groups is 1. The molecule has 0 aromatic heterocycles. The molecule has 20 heavy (non-hydrogen) atoms. The third-order valence-electron chi connectivity index (χ3n) is 4.24. The Bertz CT molecular complexity index is 410. The Morgan fingerprint density at radius 3 is 2.55 bits per heavy atom. The monoisotopic (exact) mass is 274 g/mol. The lowest BCUT2D eigenvalue weighted by Gasteiger charge is -2.26. The fourth-order valence-electron chi connectivity index (χ4n) is 2.84. The highest BCUT2D eigenvalue weighted by Gasteiger charge is 2.25. The van der Waals surface area contributed by atoms with Gasteiger partial charge in [0, 0.05) is 18.0 Å². The number of aryl methyl sites for hydroxylation is 1. The van der Waals surface area contributed by atoms with Crippen molar-refractivity contribution in [3.05, 3.63) is 35.9 Å². The van der Waals surface area contributed by atoms with Gasteiger partial charge in [0.05, 0.1) is 0 Å². The van der Waals surface area contributed by atoms with Gasteiger partial charge in [-0.2, -0.15) is 0 Å². The molecular weight excluding hydrogens is 248 g/mol. The molecule has 3 heteroatoms. The summed E-state index contributed by atoms with van der Waals surface area (Å²) in [4.78, 5) is 12.2. The van der Waals surface area contributed by atoms with E-state index in [1.807, 2.05) is 6.07 Å². The van der Waals surface area contributed by atoms with Gasteiger partial charge in [-0.15, -0.1) is 0 Å². The van der Waals surface area contributed by atoms with Crippen molar-refractivity contribution in [3.63, 3.8) is 0 Å². The number of benzene rings is 1. The third-order valence-corrected chi connectivity index (χ3v) is 4.24. The lowest BCUT2D eigenvalue weighted by atomic mass is 9.86. The largest absolute Gasteiger partial charge is 0.353 e. The van der Waals surface area contributed by atoms with Crippen LogP contribution in [0.1, 0.15) is 44.6 Å². The molecule has 3 N–H and O–H groups in total. The molecule has 0 bridgehead atoms. The SMILES string of the molecule is CC(CCc1ccccc1)NC(=O)C1CCC(N)CC1. The molecule has 0 radical (unpaired) electrons. The van der Waals surface area contributed by atoms with Crippen molar-refractivity contribution < 1.29 is 4.79 Å². The highest BCUT2D eigenvalue weighted by atomic mass is 16.1. The topological polar surface area (TPSA) is 55.1 Å². The number of carbonyl (C=O) groups excluding carboxylic acids is 1. The van der Waals surface area contributed by atoms with E-state index in [4.69, 9.17) is 5.73 Å². The summed E-state index contributed by atoms with van der Waals surface area (Å²) in [5.74, 6) is 0.395. The molecule has 0 heterocycles. The first-order valence-electron chi connectivity index (χ1n) is 7.75.